The molecule has 0 atom stereocenters. The summed E-state index contributed by atoms with van der Waals surface area (Å²) in [6.45, 7) is 2.06. The highest BCUT2D eigenvalue weighted by atomic mass is 16.5. The first kappa shape index (κ1) is 19.6. The van der Waals surface area contributed by atoms with Gasteiger partial charge in [-0.2, -0.15) is 5.10 Å². The van der Waals surface area contributed by atoms with E-state index in [1.54, 1.807) is 25.2 Å². The summed E-state index contributed by atoms with van der Waals surface area (Å²) in [7, 11) is 3.30. The normalized spacial score (nSPS) is 11.0. The highest BCUT2D eigenvalue weighted by Gasteiger charge is 2.15. The van der Waals surface area contributed by atoms with Crippen LogP contribution in [-0.4, -0.2) is 38.4 Å². The van der Waals surface area contributed by atoms with Gasteiger partial charge < -0.3 is 19.2 Å². The summed E-state index contributed by atoms with van der Waals surface area (Å²) in [5, 5.41) is 7.66. The van der Waals surface area contributed by atoms with Gasteiger partial charge in [-0.15, -0.1) is 0 Å². The van der Waals surface area contributed by atoms with Crippen LogP contribution in [0.2, 0.25) is 0 Å². The number of ether oxygens (including phenoxy) is 2. The molecule has 0 bridgehead atoms. The lowest BCUT2D eigenvalue weighted by Gasteiger charge is -2.12. The van der Waals surface area contributed by atoms with Crippen molar-refractivity contribution < 1.29 is 9.47 Å². The number of fused-ring (bicyclic) bond motifs is 1. The first-order valence-electron chi connectivity index (χ1n) is 10.1. The van der Waals surface area contributed by atoms with Crippen molar-refractivity contribution in [1.29, 1.82) is 0 Å². The van der Waals surface area contributed by atoms with E-state index in [4.69, 9.17) is 14.5 Å². The van der Waals surface area contributed by atoms with Crippen LogP contribution >= 0.6 is 0 Å². The fraction of sp³-hybridized carbons (Fsp3) is 0.125. The molecule has 3 aromatic heterocycles. The monoisotopic (exact) mass is 426 g/mol. The minimum absolute atomic E-state index is 0.684. The standard InChI is InChI=1S/C24H22N6O2/c1-16-23(17-6-4-7-19(12-17)31-2)28-24-20(8-5-11-29(16)24)27-18-9-10-21(22(13-18)32-3)30-15-25-14-26-30/h4-15,27H,1-3H3. The number of methoxy groups -OCH3 is 2. The first-order valence-corrected chi connectivity index (χ1v) is 10.1. The number of anilines is 2. The minimum Gasteiger partial charge on any atom is -0.497 e. The number of benzene rings is 2. The lowest BCUT2D eigenvalue weighted by Crippen LogP contribution is -2.00. The smallest absolute Gasteiger partial charge is 0.161 e. The molecule has 5 aromatic rings. The summed E-state index contributed by atoms with van der Waals surface area (Å²) < 4.78 is 14.7. The van der Waals surface area contributed by atoms with Crippen molar-refractivity contribution >= 4 is 17.0 Å². The number of nitrogens with zero attached hydrogens (tertiary/aromatic N) is 5. The number of imidazole rings is 1. The third kappa shape index (κ3) is 3.41. The zero-order chi connectivity index (χ0) is 22.1. The number of hydrogen-bond donors (Lipinski definition) is 1. The maximum atomic E-state index is 5.58. The summed E-state index contributed by atoms with van der Waals surface area (Å²) >= 11 is 0. The van der Waals surface area contributed by atoms with Gasteiger partial charge in [0.1, 0.15) is 29.8 Å². The Bertz CT molecular complexity index is 1390. The van der Waals surface area contributed by atoms with Crippen LogP contribution in [0.1, 0.15) is 5.69 Å². The second-order valence-electron chi connectivity index (χ2n) is 7.24. The molecule has 160 valence electrons. The van der Waals surface area contributed by atoms with E-state index in [-0.39, 0.29) is 0 Å². The second-order valence-corrected chi connectivity index (χ2v) is 7.24. The highest BCUT2D eigenvalue weighted by Crippen LogP contribution is 2.32. The van der Waals surface area contributed by atoms with E-state index in [0.717, 1.165) is 45.4 Å². The second kappa shape index (κ2) is 8.07. The van der Waals surface area contributed by atoms with E-state index in [9.17, 15) is 0 Å². The predicted molar refractivity (Wildman–Crippen MR) is 123 cm³/mol. The topological polar surface area (TPSA) is 78.5 Å². The predicted octanol–water partition coefficient (Wildman–Crippen LogP) is 4.65. The van der Waals surface area contributed by atoms with Gasteiger partial charge in [-0.25, -0.2) is 14.6 Å². The van der Waals surface area contributed by atoms with Crippen molar-refractivity contribution in [2.24, 2.45) is 0 Å². The number of rotatable bonds is 6. The Morgan fingerprint density at radius 2 is 1.88 bits per heavy atom. The molecule has 3 heterocycles. The van der Waals surface area contributed by atoms with Crippen molar-refractivity contribution in [2.45, 2.75) is 6.92 Å². The zero-order valence-corrected chi connectivity index (χ0v) is 18.0. The fourth-order valence-corrected chi connectivity index (χ4v) is 3.76. The van der Waals surface area contributed by atoms with Crippen LogP contribution in [0.15, 0.2) is 73.4 Å². The van der Waals surface area contributed by atoms with Gasteiger partial charge in [-0.05, 0) is 43.3 Å². The first-order chi connectivity index (χ1) is 15.7. The lowest BCUT2D eigenvalue weighted by molar-refractivity contribution is 0.412. The summed E-state index contributed by atoms with van der Waals surface area (Å²) in [6, 6.07) is 17.8. The molecule has 0 spiro atoms. The Hall–Kier alpha value is -4.33. The molecule has 8 nitrogen and oxygen atoms in total. The molecule has 0 saturated heterocycles. The molecule has 0 radical (unpaired) electrons. The largest absolute Gasteiger partial charge is 0.497 e. The Morgan fingerprint density at radius 3 is 2.66 bits per heavy atom. The molecule has 32 heavy (non-hydrogen) atoms. The van der Waals surface area contributed by atoms with Crippen LogP contribution in [0.3, 0.4) is 0 Å². The molecule has 0 amide bonds. The summed E-state index contributed by atoms with van der Waals surface area (Å²) in [5.74, 6) is 1.49. The molecule has 0 unspecified atom stereocenters. The zero-order valence-electron chi connectivity index (χ0n) is 18.0. The van der Waals surface area contributed by atoms with Crippen LogP contribution in [0.25, 0.3) is 22.6 Å². The average molecular weight is 426 g/mol. The third-order valence-electron chi connectivity index (χ3n) is 5.36. The maximum Gasteiger partial charge on any atom is 0.161 e. The highest BCUT2D eigenvalue weighted by molar-refractivity contribution is 5.79. The lowest BCUT2D eigenvalue weighted by atomic mass is 10.1. The summed E-state index contributed by atoms with van der Waals surface area (Å²) in [5.41, 5.74) is 6.39. The van der Waals surface area contributed by atoms with E-state index >= 15 is 0 Å². The van der Waals surface area contributed by atoms with Crippen LogP contribution in [0.4, 0.5) is 11.4 Å². The molecule has 8 heteroatoms. The summed E-state index contributed by atoms with van der Waals surface area (Å²) in [6.07, 6.45) is 5.15. The molecular weight excluding hydrogens is 404 g/mol. The van der Waals surface area contributed by atoms with Gasteiger partial charge in [0.15, 0.2) is 5.65 Å². The molecular formula is C24H22N6O2. The van der Waals surface area contributed by atoms with Crippen molar-refractivity contribution in [3.05, 3.63) is 79.1 Å². The van der Waals surface area contributed by atoms with E-state index in [1.165, 1.54) is 6.33 Å². The number of aromatic nitrogens is 5. The van der Waals surface area contributed by atoms with Gasteiger partial charge in [0.25, 0.3) is 0 Å². The van der Waals surface area contributed by atoms with E-state index in [1.807, 2.05) is 60.8 Å². The number of nitrogens with one attached hydrogen (secondary N) is 1. The number of aryl methyl sites for hydroxylation is 1. The Balaban J connectivity index is 1.54. The van der Waals surface area contributed by atoms with Crippen LogP contribution < -0.4 is 14.8 Å². The van der Waals surface area contributed by atoms with Crippen LogP contribution in [0.5, 0.6) is 11.5 Å². The molecule has 0 saturated carbocycles. The molecule has 0 aliphatic heterocycles. The van der Waals surface area contributed by atoms with Gasteiger partial charge in [0, 0.05) is 29.2 Å². The van der Waals surface area contributed by atoms with Gasteiger partial charge in [0.2, 0.25) is 0 Å². The number of pyridine rings is 1. The van der Waals surface area contributed by atoms with Gasteiger partial charge in [-0.1, -0.05) is 12.1 Å². The van der Waals surface area contributed by atoms with Crippen molar-refractivity contribution in [2.75, 3.05) is 19.5 Å². The van der Waals surface area contributed by atoms with Crippen molar-refractivity contribution in [3.8, 4) is 28.4 Å². The Morgan fingerprint density at radius 1 is 0.969 bits per heavy atom. The fourth-order valence-electron chi connectivity index (χ4n) is 3.76. The Kier molecular flexibility index (Phi) is 4.95. The molecule has 0 aliphatic carbocycles. The molecule has 0 fully saturated rings. The average Bonchev–Trinajstić information content (AvgIpc) is 3.48. The molecule has 5 rings (SSSR count). The maximum absolute atomic E-state index is 5.58. The van der Waals surface area contributed by atoms with Gasteiger partial charge in [0.05, 0.1) is 25.6 Å². The quantitative estimate of drug-likeness (QED) is 0.426. The third-order valence-corrected chi connectivity index (χ3v) is 5.36. The van der Waals surface area contributed by atoms with Gasteiger partial charge >= 0.3 is 0 Å². The van der Waals surface area contributed by atoms with Crippen molar-refractivity contribution in [1.82, 2.24) is 24.1 Å². The molecule has 2 aromatic carbocycles. The van der Waals surface area contributed by atoms with E-state index < -0.39 is 0 Å². The Labute approximate surface area is 185 Å². The summed E-state index contributed by atoms with van der Waals surface area (Å²) in [4.78, 5) is 8.95. The van der Waals surface area contributed by atoms with E-state index in [0.29, 0.717) is 5.75 Å². The number of hydrogen-bond acceptors (Lipinski definition) is 6. The van der Waals surface area contributed by atoms with Crippen LogP contribution in [-0.2, 0) is 0 Å². The van der Waals surface area contributed by atoms with E-state index in [2.05, 4.69) is 26.7 Å². The minimum atomic E-state index is 0.684. The molecule has 0 aliphatic rings. The van der Waals surface area contributed by atoms with Crippen molar-refractivity contribution in [3.63, 3.8) is 0 Å². The SMILES string of the molecule is COc1cccc(-c2nc3c(Nc4ccc(-n5cncn5)c(OC)c4)cccn3c2C)c1. The van der Waals surface area contributed by atoms with Gasteiger partial charge in [-0.3, -0.25) is 0 Å². The van der Waals surface area contributed by atoms with Crippen LogP contribution in [0, 0.1) is 6.92 Å². The molecule has 1 N–H and O–H groups in total.